The molecule has 2 fully saturated rings. The maximum atomic E-state index is 13.6. The second-order valence-corrected chi connectivity index (χ2v) is 7.37. The van der Waals surface area contributed by atoms with Crippen molar-refractivity contribution in [1.82, 2.24) is 4.90 Å². The highest BCUT2D eigenvalue weighted by Gasteiger charge is 2.45. The van der Waals surface area contributed by atoms with Gasteiger partial charge in [-0.2, -0.15) is 0 Å². The molecule has 1 aliphatic carbocycles. The normalized spacial score (nSPS) is 27.2. The van der Waals surface area contributed by atoms with Gasteiger partial charge in [-0.05, 0) is 47.2 Å². The van der Waals surface area contributed by atoms with Crippen LogP contribution in [0.15, 0.2) is 16.6 Å². The zero-order valence-corrected chi connectivity index (χ0v) is 14.2. The van der Waals surface area contributed by atoms with Gasteiger partial charge < -0.3 is 10.4 Å². The van der Waals surface area contributed by atoms with Crippen molar-refractivity contribution in [2.45, 2.75) is 24.8 Å². The molecule has 2 atom stereocenters. The molecule has 8 heteroatoms. The summed E-state index contributed by atoms with van der Waals surface area (Å²) in [4.78, 5) is 12.9. The molecule has 0 amide bonds. The lowest BCUT2D eigenvalue weighted by molar-refractivity contribution is -0.384. The fourth-order valence-electron chi connectivity index (χ4n) is 3.93. The highest BCUT2D eigenvalue weighted by Crippen LogP contribution is 2.43. The number of nitrogens with one attached hydrogen (secondary N) is 1. The molecule has 1 saturated heterocycles. The number of β-amino-alcohol motifs (C(OH)–C–C–N with tert-alkyl or cyclic N) is 1. The molecule has 6 nitrogen and oxygen atoms in total. The third-order valence-corrected chi connectivity index (χ3v) is 5.41. The second-order valence-electron chi connectivity index (χ2n) is 6.51. The molecule has 1 aromatic rings. The summed E-state index contributed by atoms with van der Waals surface area (Å²) >= 11 is 3.10. The number of piperidine rings is 1. The van der Waals surface area contributed by atoms with Crippen molar-refractivity contribution in [2.24, 2.45) is 5.92 Å². The first-order valence-corrected chi connectivity index (χ1v) is 8.46. The van der Waals surface area contributed by atoms with Crippen LogP contribution in [0, 0.1) is 21.8 Å². The van der Waals surface area contributed by atoms with E-state index in [0.29, 0.717) is 18.2 Å². The molecular formula is C15H19BrFN3O3. The largest absolute Gasteiger partial charge is 0.395 e. The van der Waals surface area contributed by atoms with Gasteiger partial charge in [-0.1, -0.05) is 0 Å². The number of fused-ring (bicyclic) bond motifs is 2. The molecule has 2 unspecified atom stereocenters. The summed E-state index contributed by atoms with van der Waals surface area (Å²) in [6.07, 6.45) is 2.93. The van der Waals surface area contributed by atoms with Crippen LogP contribution in [0.3, 0.4) is 0 Å². The average molecular weight is 388 g/mol. The summed E-state index contributed by atoms with van der Waals surface area (Å²) in [5.74, 6) is -0.111. The lowest BCUT2D eigenvalue weighted by Gasteiger charge is -2.41. The summed E-state index contributed by atoms with van der Waals surface area (Å²) in [5.41, 5.74) is -0.155. The van der Waals surface area contributed by atoms with Crippen LogP contribution in [-0.2, 0) is 0 Å². The van der Waals surface area contributed by atoms with Gasteiger partial charge in [-0.25, -0.2) is 4.39 Å². The van der Waals surface area contributed by atoms with Gasteiger partial charge in [0.1, 0.15) is 11.5 Å². The SMILES string of the molecule is O=[N+]([O-])c1cc(F)c(Br)cc1NC12CCC(CN(CCO)C1)C2. The monoisotopic (exact) mass is 387 g/mol. The minimum absolute atomic E-state index is 0.102. The molecule has 0 aromatic heterocycles. The molecule has 2 aliphatic rings. The van der Waals surface area contributed by atoms with Gasteiger partial charge >= 0.3 is 0 Å². The second kappa shape index (κ2) is 6.33. The van der Waals surface area contributed by atoms with Gasteiger partial charge in [-0.3, -0.25) is 15.0 Å². The van der Waals surface area contributed by atoms with Gasteiger partial charge in [0.25, 0.3) is 5.69 Å². The summed E-state index contributed by atoms with van der Waals surface area (Å²) in [7, 11) is 0. The maximum absolute atomic E-state index is 13.6. The first kappa shape index (κ1) is 16.6. The van der Waals surface area contributed by atoms with E-state index in [1.54, 1.807) is 0 Å². The van der Waals surface area contributed by atoms with Gasteiger partial charge in [0.15, 0.2) is 0 Å². The number of anilines is 1. The van der Waals surface area contributed by atoms with Crippen molar-refractivity contribution >= 4 is 27.3 Å². The van der Waals surface area contributed by atoms with Crippen LogP contribution in [0.2, 0.25) is 0 Å². The molecule has 2 bridgehead atoms. The van der Waals surface area contributed by atoms with Gasteiger partial charge in [-0.15, -0.1) is 0 Å². The van der Waals surface area contributed by atoms with Crippen LogP contribution in [-0.4, -0.2) is 46.7 Å². The van der Waals surface area contributed by atoms with Crippen molar-refractivity contribution in [3.63, 3.8) is 0 Å². The number of halogens is 2. The van der Waals surface area contributed by atoms with E-state index < -0.39 is 10.7 Å². The number of hydrogen-bond donors (Lipinski definition) is 2. The zero-order valence-electron chi connectivity index (χ0n) is 12.6. The maximum Gasteiger partial charge on any atom is 0.295 e. The molecule has 1 saturated carbocycles. The van der Waals surface area contributed by atoms with Crippen LogP contribution < -0.4 is 5.32 Å². The minimum Gasteiger partial charge on any atom is -0.395 e. The Morgan fingerprint density at radius 1 is 1.57 bits per heavy atom. The lowest BCUT2D eigenvalue weighted by Crippen LogP contribution is -2.52. The Kier molecular flexibility index (Phi) is 4.57. The van der Waals surface area contributed by atoms with E-state index in [2.05, 4.69) is 26.1 Å². The minimum atomic E-state index is -0.644. The molecule has 0 spiro atoms. The average Bonchev–Trinajstić information content (AvgIpc) is 2.77. The highest BCUT2D eigenvalue weighted by atomic mass is 79.9. The van der Waals surface area contributed by atoms with Crippen molar-refractivity contribution in [1.29, 1.82) is 0 Å². The Labute approximate surface area is 141 Å². The molecule has 3 rings (SSSR count). The summed E-state index contributed by atoms with van der Waals surface area (Å²) < 4.78 is 13.8. The Bertz CT molecular complexity index is 630. The standard InChI is InChI=1S/C15H19BrFN3O3/c16-11-5-13(14(20(22)23)6-12(11)17)18-15-2-1-10(7-15)8-19(9-15)3-4-21/h5-6,10,18,21H,1-4,7-9H2. The topological polar surface area (TPSA) is 78.6 Å². The number of nitro groups is 1. The number of aliphatic hydroxyl groups is 1. The molecule has 2 N–H and O–H groups in total. The van der Waals surface area contributed by atoms with Crippen LogP contribution in [0.1, 0.15) is 19.3 Å². The Balaban J connectivity index is 1.89. The molecule has 1 aromatic carbocycles. The number of likely N-dealkylation sites (tertiary alicyclic amines) is 1. The van der Waals surface area contributed by atoms with Crippen molar-refractivity contribution in [3.8, 4) is 0 Å². The van der Waals surface area contributed by atoms with Crippen LogP contribution in [0.4, 0.5) is 15.8 Å². The van der Waals surface area contributed by atoms with Crippen molar-refractivity contribution < 1.29 is 14.4 Å². The zero-order chi connectivity index (χ0) is 16.6. The van der Waals surface area contributed by atoms with Gasteiger partial charge in [0, 0.05) is 19.6 Å². The highest BCUT2D eigenvalue weighted by molar-refractivity contribution is 9.10. The number of nitrogens with zero attached hydrogens (tertiary/aromatic N) is 2. The summed E-state index contributed by atoms with van der Waals surface area (Å²) in [5, 5.41) is 23.7. The third-order valence-electron chi connectivity index (χ3n) is 4.80. The molecule has 23 heavy (non-hydrogen) atoms. The first-order chi connectivity index (χ1) is 10.9. The molecule has 0 radical (unpaired) electrons. The summed E-state index contributed by atoms with van der Waals surface area (Å²) in [6, 6.07) is 2.39. The predicted molar refractivity (Wildman–Crippen MR) is 88.0 cm³/mol. The lowest BCUT2D eigenvalue weighted by atomic mass is 9.90. The fourth-order valence-corrected chi connectivity index (χ4v) is 4.28. The fraction of sp³-hybridized carbons (Fsp3) is 0.600. The molecule has 1 aliphatic heterocycles. The third kappa shape index (κ3) is 3.34. The summed E-state index contributed by atoms with van der Waals surface area (Å²) in [6.45, 7) is 2.40. The van der Waals surface area contributed by atoms with E-state index in [1.165, 1.54) is 6.07 Å². The predicted octanol–water partition coefficient (Wildman–Crippen LogP) is 2.76. The quantitative estimate of drug-likeness (QED) is 0.599. The molecular weight excluding hydrogens is 369 g/mol. The molecule has 1 heterocycles. The number of nitro benzene ring substituents is 1. The first-order valence-electron chi connectivity index (χ1n) is 7.67. The van der Waals surface area contributed by atoms with Gasteiger partial charge in [0.05, 0.1) is 27.6 Å². The number of hydrogen-bond acceptors (Lipinski definition) is 5. The Hall–Kier alpha value is -1.25. The van der Waals surface area contributed by atoms with Gasteiger partial charge in [0.2, 0.25) is 0 Å². The Morgan fingerprint density at radius 2 is 2.35 bits per heavy atom. The van der Waals surface area contributed by atoms with E-state index in [1.807, 2.05) is 0 Å². The van der Waals surface area contributed by atoms with Crippen molar-refractivity contribution in [2.75, 3.05) is 31.6 Å². The van der Waals surface area contributed by atoms with E-state index in [-0.39, 0.29) is 22.3 Å². The number of benzene rings is 1. The van der Waals surface area contributed by atoms with Crippen molar-refractivity contribution in [3.05, 3.63) is 32.5 Å². The van der Waals surface area contributed by atoms with E-state index in [0.717, 1.165) is 38.4 Å². The molecule has 126 valence electrons. The van der Waals surface area contributed by atoms with Crippen LogP contribution in [0.25, 0.3) is 0 Å². The van der Waals surface area contributed by atoms with Crippen LogP contribution in [0.5, 0.6) is 0 Å². The smallest absolute Gasteiger partial charge is 0.295 e. The van der Waals surface area contributed by atoms with E-state index in [9.17, 15) is 14.5 Å². The number of rotatable bonds is 5. The number of aliphatic hydroxyl groups excluding tert-OH is 1. The van der Waals surface area contributed by atoms with E-state index >= 15 is 0 Å². The van der Waals surface area contributed by atoms with E-state index in [4.69, 9.17) is 5.11 Å². The Morgan fingerprint density at radius 3 is 3.04 bits per heavy atom. The van der Waals surface area contributed by atoms with Crippen LogP contribution >= 0.6 is 15.9 Å².